The highest BCUT2D eigenvalue weighted by Crippen LogP contribution is 2.41. The highest BCUT2D eigenvalue weighted by molar-refractivity contribution is 5.49. The summed E-state index contributed by atoms with van der Waals surface area (Å²) in [5, 5.41) is 0. The fourth-order valence-electron chi connectivity index (χ4n) is 3.66. The molecule has 1 saturated carbocycles. The van der Waals surface area contributed by atoms with Crippen LogP contribution in [0.25, 0.3) is 0 Å². The van der Waals surface area contributed by atoms with Crippen LogP contribution in [0.1, 0.15) is 40.0 Å². The Balaban J connectivity index is 2.32. The second-order valence-electron chi connectivity index (χ2n) is 6.35. The fourth-order valence-corrected chi connectivity index (χ4v) is 3.66. The molecule has 1 aromatic rings. The lowest BCUT2D eigenvalue weighted by Crippen LogP contribution is -2.57. The first kappa shape index (κ1) is 15.3. The molecule has 1 aliphatic carbocycles. The number of nitrogens with two attached hydrogens (primary N) is 1. The monoisotopic (exact) mass is 278 g/mol. The first-order valence-corrected chi connectivity index (χ1v) is 7.75. The van der Waals surface area contributed by atoms with Crippen molar-refractivity contribution in [2.75, 3.05) is 18.0 Å². The minimum Gasteiger partial charge on any atom is -0.365 e. The smallest absolute Gasteiger partial charge is 0.125 e. The molecule has 20 heavy (non-hydrogen) atoms. The van der Waals surface area contributed by atoms with Crippen molar-refractivity contribution in [3.63, 3.8) is 0 Å². The number of anilines is 1. The number of benzene rings is 1. The van der Waals surface area contributed by atoms with E-state index in [0.29, 0.717) is 12.5 Å². The van der Waals surface area contributed by atoms with Crippen LogP contribution in [0, 0.1) is 17.7 Å². The second-order valence-corrected chi connectivity index (χ2v) is 6.35. The van der Waals surface area contributed by atoms with E-state index in [0.717, 1.165) is 31.0 Å². The van der Waals surface area contributed by atoms with Gasteiger partial charge in [0.05, 0.1) is 5.54 Å². The predicted octanol–water partition coefficient (Wildman–Crippen LogP) is 3.81. The Morgan fingerprint density at radius 1 is 1.35 bits per heavy atom. The van der Waals surface area contributed by atoms with Gasteiger partial charge in [-0.3, -0.25) is 0 Å². The topological polar surface area (TPSA) is 29.3 Å². The van der Waals surface area contributed by atoms with Gasteiger partial charge < -0.3 is 10.6 Å². The number of halogens is 1. The molecule has 0 radical (unpaired) electrons. The van der Waals surface area contributed by atoms with E-state index in [2.05, 4.69) is 25.7 Å². The van der Waals surface area contributed by atoms with E-state index in [1.807, 2.05) is 6.07 Å². The van der Waals surface area contributed by atoms with Crippen LogP contribution in [-0.4, -0.2) is 18.6 Å². The molecule has 2 rings (SSSR count). The van der Waals surface area contributed by atoms with E-state index < -0.39 is 0 Å². The molecule has 0 aliphatic heterocycles. The third-order valence-corrected chi connectivity index (χ3v) is 5.13. The van der Waals surface area contributed by atoms with Crippen molar-refractivity contribution in [1.82, 2.24) is 0 Å². The Hall–Kier alpha value is -1.09. The molecule has 2 N–H and O–H groups in total. The van der Waals surface area contributed by atoms with Crippen LogP contribution in [0.5, 0.6) is 0 Å². The molecular weight excluding hydrogens is 251 g/mol. The largest absolute Gasteiger partial charge is 0.365 e. The molecule has 0 amide bonds. The van der Waals surface area contributed by atoms with E-state index in [1.54, 1.807) is 12.1 Å². The average Bonchev–Trinajstić information content (AvgIpc) is 2.44. The molecule has 1 fully saturated rings. The lowest BCUT2D eigenvalue weighted by molar-refractivity contribution is 0.172. The zero-order chi connectivity index (χ0) is 14.8. The van der Waals surface area contributed by atoms with Gasteiger partial charge in [-0.15, -0.1) is 0 Å². The van der Waals surface area contributed by atoms with Crippen LogP contribution >= 0.6 is 0 Å². The van der Waals surface area contributed by atoms with Crippen molar-refractivity contribution >= 4 is 5.69 Å². The van der Waals surface area contributed by atoms with Gasteiger partial charge in [0, 0.05) is 18.8 Å². The lowest BCUT2D eigenvalue weighted by atomic mass is 9.70. The summed E-state index contributed by atoms with van der Waals surface area (Å²) in [7, 11) is 0. The van der Waals surface area contributed by atoms with E-state index in [9.17, 15) is 4.39 Å². The zero-order valence-corrected chi connectivity index (χ0v) is 12.9. The van der Waals surface area contributed by atoms with Crippen molar-refractivity contribution < 1.29 is 4.39 Å². The van der Waals surface area contributed by atoms with Gasteiger partial charge in [0.2, 0.25) is 0 Å². The summed E-state index contributed by atoms with van der Waals surface area (Å²) in [6.45, 7) is 8.26. The van der Waals surface area contributed by atoms with Crippen LogP contribution in [0.2, 0.25) is 0 Å². The number of rotatable bonds is 4. The summed E-state index contributed by atoms with van der Waals surface area (Å²) in [6.07, 6.45) is 3.39. The molecule has 0 heterocycles. The normalized spacial score (nSPS) is 30.2. The molecule has 3 heteroatoms. The fraction of sp³-hybridized carbons (Fsp3) is 0.647. The molecule has 0 spiro atoms. The molecule has 0 bridgehead atoms. The minimum atomic E-state index is -0.176. The zero-order valence-electron chi connectivity index (χ0n) is 12.9. The molecule has 3 atom stereocenters. The van der Waals surface area contributed by atoms with Crippen LogP contribution in [-0.2, 0) is 0 Å². The summed E-state index contributed by atoms with van der Waals surface area (Å²) in [5.74, 6) is 1.24. The number of nitrogens with zero attached hydrogens (tertiary/aromatic N) is 1. The van der Waals surface area contributed by atoms with Gasteiger partial charge in [-0.1, -0.05) is 19.9 Å². The third kappa shape index (κ3) is 2.83. The molecule has 0 aromatic heterocycles. The van der Waals surface area contributed by atoms with Gasteiger partial charge in [0.15, 0.2) is 0 Å². The van der Waals surface area contributed by atoms with Crippen LogP contribution in [0.15, 0.2) is 24.3 Å². The maximum Gasteiger partial charge on any atom is 0.125 e. The van der Waals surface area contributed by atoms with Crippen LogP contribution in [0.3, 0.4) is 0 Å². The summed E-state index contributed by atoms with van der Waals surface area (Å²) in [6, 6.07) is 6.90. The quantitative estimate of drug-likeness (QED) is 0.907. The highest BCUT2D eigenvalue weighted by atomic mass is 19.1. The molecule has 0 saturated heterocycles. The van der Waals surface area contributed by atoms with Gasteiger partial charge in [-0.05, 0) is 56.2 Å². The van der Waals surface area contributed by atoms with Crippen molar-refractivity contribution in [2.24, 2.45) is 17.6 Å². The Morgan fingerprint density at radius 3 is 2.65 bits per heavy atom. The van der Waals surface area contributed by atoms with Crippen molar-refractivity contribution in [2.45, 2.75) is 45.6 Å². The Labute approximate surface area is 122 Å². The highest BCUT2D eigenvalue weighted by Gasteiger charge is 2.41. The summed E-state index contributed by atoms with van der Waals surface area (Å²) in [5.41, 5.74) is 7.10. The van der Waals surface area contributed by atoms with Crippen molar-refractivity contribution in [3.8, 4) is 0 Å². The molecule has 1 aliphatic rings. The number of hydrogen-bond acceptors (Lipinski definition) is 2. The first-order valence-electron chi connectivity index (χ1n) is 7.75. The predicted molar refractivity (Wildman–Crippen MR) is 83.4 cm³/mol. The Morgan fingerprint density at radius 2 is 2.10 bits per heavy atom. The maximum absolute atomic E-state index is 13.5. The van der Waals surface area contributed by atoms with Gasteiger partial charge in [0.25, 0.3) is 0 Å². The maximum atomic E-state index is 13.5. The summed E-state index contributed by atoms with van der Waals surface area (Å²) >= 11 is 0. The molecule has 2 nitrogen and oxygen atoms in total. The van der Waals surface area contributed by atoms with Crippen LogP contribution < -0.4 is 10.6 Å². The lowest BCUT2D eigenvalue weighted by Gasteiger charge is -2.50. The van der Waals surface area contributed by atoms with Crippen molar-refractivity contribution in [3.05, 3.63) is 30.1 Å². The van der Waals surface area contributed by atoms with Gasteiger partial charge in [0.1, 0.15) is 5.82 Å². The summed E-state index contributed by atoms with van der Waals surface area (Å²) < 4.78 is 13.5. The standard InChI is InChI=1S/C17H27FN2/c1-4-20(16-7-5-6-15(18)10-16)17(12-19)9-8-13(2)14(3)11-17/h5-7,10,13-14H,4,8-9,11-12,19H2,1-3H3. The minimum absolute atomic E-state index is 0.0194. The van der Waals surface area contributed by atoms with E-state index in [4.69, 9.17) is 5.73 Å². The molecule has 3 unspecified atom stereocenters. The first-order chi connectivity index (χ1) is 9.52. The molecular formula is C17H27FN2. The number of hydrogen-bond donors (Lipinski definition) is 1. The number of likely N-dealkylation sites (N-methyl/N-ethyl adjacent to an activating group) is 1. The van der Waals surface area contributed by atoms with Gasteiger partial charge >= 0.3 is 0 Å². The van der Waals surface area contributed by atoms with Gasteiger partial charge in [-0.25, -0.2) is 4.39 Å². The molecule has 1 aromatic carbocycles. The second kappa shape index (κ2) is 6.13. The third-order valence-electron chi connectivity index (χ3n) is 5.13. The van der Waals surface area contributed by atoms with Crippen molar-refractivity contribution in [1.29, 1.82) is 0 Å². The van der Waals surface area contributed by atoms with E-state index in [1.165, 1.54) is 12.5 Å². The van der Waals surface area contributed by atoms with Gasteiger partial charge in [-0.2, -0.15) is 0 Å². The molecule has 112 valence electrons. The van der Waals surface area contributed by atoms with Crippen LogP contribution in [0.4, 0.5) is 10.1 Å². The van der Waals surface area contributed by atoms with E-state index in [-0.39, 0.29) is 11.4 Å². The Kier molecular flexibility index (Phi) is 4.69. The Bertz CT molecular complexity index is 448. The van der Waals surface area contributed by atoms with E-state index >= 15 is 0 Å². The SMILES string of the molecule is CCN(c1cccc(F)c1)C1(CN)CCC(C)C(C)C1. The summed E-state index contributed by atoms with van der Waals surface area (Å²) in [4.78, 5) is 2.32. The average molecular weight is 278 g/mol.